The first kappa shape index (κ1) is 29.4. The first-order chi connectivity index (χ1) is 18.8. The highest BCUT2D eigenvalue weighted by molar-refractivity contribution is 7.99. The number of halogens is 1. The fourth-order valence-electron chi connectivity index (χ4n) is 5.18. The Hall–Kier alpha value is -2.56. The maximum absolute atomic E-state index is 13.1. The number of carbonyl (C=O) groups is 2. The number of hydrogen-bond donors (Lipinski definition) is 1. The molecule has 2 atom stereocenters. The maximum Gasteiger partial charge on any atom is 0.254 e. The van der Waals surface area contributed by atoms with Gasteiger partial charge < -0.3 is 24.8 Å². The number of piperidine rings is 1. The second-order valence-electron chi connectivity index (χ2n) is 10.2. The summed E-state index contributed by atoms with van der Waals surface area (Å²) in [7, 11) is 1.59. The topological polar surface area (TPSA) is 90.9 Å². The van der Waals surface area contributed by atoms with Crippen LogP contribution in [0.15, 0.2) is 35.5 Å². The number of anilines is 1. The summed E-state index contributed by atoms with van der Waals surface area (Å²) in [5.74, 6) is 1.55. The maximum atomic E-state index is 13.1. The van der Waals surface area contributed by atoms with Crippen LogP contribution in [-0.4, -0.2) is 95.8 Å². The van der Waals surface area contributed by atoms with Crippen LogP contribution in [0.1, 0.15) is 49.9 Å². The molecule has 1 aromatic carbocycles. The van der Waals surface area contributed by atoms with Gasteiger partial charge in [0.05, 0.1) is 12.9 Å². The largest absolute Gasteiger partial charge is 0.497 e. The number of rotatable bonds is 10. The van der Waals surface area contributed by atoms with Gasteiger partial charge in [-0.1, -0.05) is 35.9 Å². The summed E-state index contributed by atoms with van der Waals surface area (Å²) in [5.41, 5.74) is 0.609. The van der Waals surface area contributed by atoms with Gasteiger partial charge in [-0.05, 0) is 57.9 Å². The lowest BCUT2D eigenvalue weighted by Crippen LogP contribution is -2.54. The van der Waals surface area contributed by atoms with Gasteiger partial charge in [0.25, 0.3) is 5.91 Å². The molecule has 1 aromatic heterocycles. The lowest BCUT2D eigenvalue weighted by molar-refractivity contribution is -0.118. The Morgan fingerprint density at radius 2 is 1.97 bits per heavy atom. The lowest BCUT2D eigenvalue weighted by Gasteiger charge is -2.40. The molecule has 212 valence electrons. The highest BCUT2D eigenvalue weighted by atomic mass is 35.5. The fraction of sp³-hybridized carbons (Fsp3) is 0.571. The Morgan fingerprint density at radius 3 is 2.74 bits per heavy atom. The number of nitrogens with zero attached hydrogens (tertiary/aromatic N) is 5. The highest BCUT2D eigenvalue weighted by Crippen LogP contribution is 2.25. The third-order valence-corrected chi connectivity index (χ3v) is 8.45. The van der Waals surface area contributed by atoms with Crippen LogP contribution in [0.4, 0.5) is 5.82 Å². The Bertz CT molecular complexity index is 1140. The smallest absolute Gasteiger partial charge is 0.254 e. The number of aromatic nitrogens is 2. The van der Waals surface area contributed by atoms with E-state index in [1.165, 1.54) is 31.0 Å². The van der Waals surface area contributed by atoms with E-state index in [0.717, 1.165) is 19.5 Å². The molecule has 0 aliphatic carbocycles. The van der Waals surface area contributed by atoms with Crippen molar-refractivity contribution in [3.05, 3.63) is 41.0 Å². The molecule has 11 heteroatoms. The number of thioether (sulfide) groups is 1. The Morgan fingerprint density at radius 1 is 1.13 bits per heavy atom. The quantitative estimate of drug-likeness (QED) is 0.197. The molecule has 1 N–H and O–H groups in total. The van der Waals surface area contributed by atoms with Gasteiger partial charge in [0, 0.05) is 56.4 Å². The first-order valence-corrected chi connectivity index (χ1v) is 15.1. The second-order valence-corrected chi connectivity index (χ2v) is 11.6. The van der Waals surface area contributed by atoms with Crippen LogP contribution in [0, 0.1) is 0 Å². The van der Waals surface area contributed by atoms with E-state index in [1.807, 2.05) is 30.0 Å². The van der Waals surface area contributed by atoms with E-state index in [1.54, 1.807) is 19.2 Å². The van der Waals surface area contributed by atoms with Crippen molar-refractivity contribution in [1.29, 1.82) is 0 Å². The molecule has 2 unspecified atom stereocenters. The summed E-state index contributed by atoms with van der Waals surface area (Å²) in [6.45, 7) is 8.95. The summed E-state index contributed by atoms with van der Waals surface area (Å²) >= 11 is 7.61. The number of nitrogens with one attached hydrogen (secondary N) is 1. The second kappa shape index (κ2) is 14.2. The van der Waals surface area contributed by atoms with Gasteiger partial charge in [-0.2, -0.15) is 0 Å². The van der Waals surface area contributed by atoms with Crippen molar-refractivity contribution in [2.75, 3.05) is 57.0 Å². The molecule has 0 spiro atoms. The molecular formula is C28H39ClN6O3S. The molecule has 2 aromatic rings. The van der Waals surface area contributed by atoms with Crippen molar-refractivity contribution >= 4 is 41.0 Å². The number of methoxy groups -OCH3 is 1. The fourth-order valence-corrected chi connectivity index (χ4v) is 6.09. The molecule has 0 radical (unpaired) electrons. The Labute approximate surface area is 240 Å². The van der Waals surface area contributed by atoms with Crippen LogP contribution < -0.4 is 15.0 Å². The molecule has 2 saturated heterocycles. The van der Waals surface area contributed by atoms with Crippen LogP contribution in [0.3, 0.4) is 0 Å². The number of ether oxygens (including phenoxy) is 1. The van der Waals surface area contributed by atoms with Crippen molar-refractivity contribution in [3.8, 4) is 5.75 Å². The van der Waals surface area contributed by atoms with Crippen LogP contribution in [0.25, 0.3) is 0 Å². The van der Waals surface area contributed by atoms with Gasteiger partial charge in [-0.3, -0.25) is 9.59 Å². The Kier molecular flexibility index (Phi) is 10.7. The van der Waals surface area contributed by atoms with Gasteiger partial charge in [0.1, 0.15) is 16.7 Å². The molecule has 2 aliphatic rings. The summed E-state index contributed by atoms with van der Waals surface area (Å²) in [6, 6.07) is 9.57. The standard InChI is InChI=1S/C28H39ClN6O3S/c1-20-8-4-5-12-33(20)13-7-11-30-26(36)19-39-28-31-24(29)17-25(32-28)34-14-15-35(21(2)18-34)27(37)22-9-6-10-23(16-22)38-3/h6,9-10,16-17,20-21H,4-5,7-8,11-15,18-19H2,1-3H3,(H,30,36). The van der Waals surface area contributed by atoms with Crippen LogP contribution in [0.5, 0.6) is 5.75 Å². The summed E-state index contributed by atoms with van der Waals surface area (Å²) in [4.78, 5) is 41.0. The number of piperazine rings is 1. The van der Waals surface area contributed by atoms with Crippen LogP contribution in [-0.2, 0) is 4.79 Å². The van der Waals surface area contributed by atoms with E-state index in [9.17, 15) is 9.59 Å². The number of carbonyl (C=O) groups excluding carboxylic acids is 2. The summed E-state index contributed by atoms with van der Waals surface area (Å²) in [5, 5.41) is 3.82. The minimum Gasteiger partial charge on any atom is -0.497 e. The average molecular weight is 575 g/mol. The van der Waals surface area contributed by atoms with Crippen molar-refractivity contribution in [2.45, 2.75) is 56.8 Å². The van der Waals surface area contributed by atoms with E-state index in [0.29, 0.717) is 59.7 Å². The van der Waals surface area contributed by atoms with Gasteiger partial charge in [0.2, 0.25) is 5.91 Å². The SMILES string of the molecule is COc1cccc(C(=O)N2CCN(c3cc(Cl)nc(SCC(=O)NCCCN4CCCCC4C)n3)CC2C)c1. The van der Waals surface area contributed by atoms with Crippen LogP contribution >= 0.6 is 23.4 Å². The zero-order valence-corrected chi connectivity index (χ0v) is 24.6. The zero-order chi connectivity index (χ0) is 27.8. The summed E-state index contributed by atoms with van der Waals surface area (Å²) in [6.07, 6.45) is 4.80. The molecule has 4 rings (SSSR count). The van der Waals surface area contributed by atoms with Crippen molar-refractivity contribution in [1.82, 2.24) is 25.1 Å². The molecule has 0 bridgehead atoms. The van der Waals surface area contributed by atoms with Crippen molar-refractivity contribution in [2.24, 2.45) is 0 Å². The van der Waals surface area contributed by atoms with E-state index < -0.39 is 0 Å². The van der Waals surface area contributed by atoms with Gasteiger partial charge in [-0.25, -0.2) is 9.97 Å². The van der Waals surface area contributed by atoms with Crippen molar-refractivity contribution < 1.29 is 14.3 Å². The van der Waals surface area contributed by atoms with Crippen molar-refractivity contribution in [3.63, 3.8) is 0 Å². The molecule has 2 aliphatic heterocycles. The van der Waals surface area contributed by atoms with E-state index in [4.69, 9.17) is 16.3 Å². The third-order valence-electron chi connectivity index (χ3n) is 7.41. The molecular weight excluding hydrogens is 536 g/mol. The summed E-state index contributed by atoms with van der Waals surface area (Å²) < 4.78 is 5.27. The minimum absolute atomic E-state index is 0.0190. The average Bonchev–Trinajstić information content (AvgIpc) is 2.94. The van der Waals surface area contributed by atoms with E-state index in [2.05, 4.69) is 32.0 Å². The molecule has 0 saturated carbocycles. The van der Waals surface area contributed by atoms with Gasteiger partial charge in [-0.15, -0.1) is 0 Å². The predicted molar refractivity (Wildman–Crippen MR) is 156 cm³/mol. The molecule has 3 heterocycles. The van der Waals surface area contributed by atoms with Crippen LogP contribution in [0.2, 0.25) is 5.15 Å². The minimum atomic E-state index is -0.0323. The Balaban J connectivity index is 1.25. The molecule has 2 fully saturated rings. The van der Waals surface area contributed by atoms with Gasteiger partial charge in [0.15, 0.2) is 5.16 Å². The lowest BCUT2D eigenvalue weighted by atomic mass is 10.0. The number of amides is 2. The predicted octanol–water partition coefficient (Wildman–Crippen LogP) is 3.96. The molecule has 39 heavy (non-hydrogen) atoms. The first-order valence-electron chi connectivity index (χ1n) is 13.7. The monoisotopic (exact) mass is 574 g/mol. The number of benzene rings is 1. The molecule has 9 nitrogen and oxygen atoms in total. The number of likely N-dealkylation sites (tertiary alicyclic amines) is 1. The van der Waals surface area contributed by atoms with Gasteiger partial charge >= 0.3 is 0 Å². The number of hydrogen-bond acceptors (Lipinski definition) is 8. The van der Waals surface area contributed by atoms with E-state index >= 15 is 0 Å². The molecule has 2 amide bonds. The highest BCUT2D eigenvalue weighted by Gasteiger charge is 2.29. The normalized spacial score (nSPS) is 20.1. The van der Waals surface area contributed by atoms with E-state index in [-0.39, 0.29) is 23.6 Å². The third kappa shape index (κ3) is 8.22. The zero-order valence-electron chi connectivity index (χ0n) is 23.1.